The third-order valence-electron chi connectivity index (χ3n) is 6.03. The van der Waals surface area contributed by atoms with Crippen molar-refractivity contribution in [3.8, 4) is 11.3 Å². The molecular formula is C24H25N5O4S. The van der Waals surface area contributed by atoms with Crippen molar-refractivity contribution < 1.29 is 17.9 Å². The fraction of sp³-hybridized carbons (Fsp3) is 0.292. The second kappa shape index (κ2) is 9.03. The maximum absolute atomic E-state index is 13.0. The van der Waals surface area contributed by atoms with Gasteiger partial charge in [0.05, 0.1) is 23.8 Å². The van der Waals surface area contributed by atoms with Gasteiger partial charge in [-0.1, -0.05) is 12.1 Å². The summed E-state index contributed by atoms with van der Waals surface area (Å²) in [6.45, 7) is 4.97. The summed E-state index contributed by atoms with van der Waals surface area (Å²) in [6, 6.07) is 15.7. The number of ether oxygens (including phenoxy) is 1. The minimum absolute atomic E-state index is 0.0506. The van der Waals surface area contributed by atoms with Crippen LogP contribution in [0.25, 0.3) is 11.3 Å². The van der Waals surface area contributed by atoms with Crippen LogP contribution in [0, 0.1) is 0 Å². The highest BCUT2D eigenvalue weighted by Crippen LogP contribution is 2.31. The zero-order valence-electron chi connectivity index (χ0n) is 18.8. The first kappa shape index (κ1) is 22.3. The summed E-state index contributed by atoms with van der Waals surface area (Å²) < 4.78 is 34.1. The highest BCUT2D eigenvalue weighted by Gasteiger charge is 2.25. The summed E-state index contributed by atoms with van der Waals surface area (Å²) in [7, 11) is -3.80. The molecule has 0 aliphatic carbocycles. The molecule has 1 fully saturated rings. The second-order valence-corrected chi connectivity index (χ2v) is 9.96. The molecule has 0 bridgehead atoms. The molecule has 3 heterocycles. The molecule has 1 amide bonds. The molecule has 0 atom stereocenters. The number of anilines is 3. The first-order chi connectivity index (χ1) is 16.4. The van der Waals surface area contributed by atoms with E-state index in [-0.39, 0.29) is 10.8 Å². The molecule has 1 N–H and O–H groups in total. The predicted octanol–water partition coefficient (Wildman–Crippen LogP) is 2.69. The van der Waals surface area contributed by atoms with Crippen molar-refractivity contribution in [1.29, 1.82) is 0 Å². The quantitative estimate of drug-likeness (QED) is 0.600. The van der Waals surface area contributed by atoms with Gasteiger partial charge in [-0.05, 0) is 54.4 Å². The zero-order valence-corrected chi connectivity index (χ0v) is 19.6. The highest BCUT2D eigenvalue weighted by molar-refractivity contribution is 7.92. The first-order valence-electron chi connectivity index (χ1n) is 11.1. The summed E-state index contributed by atoms with van der Waals surface area (Å²) in [5.41, 5.74) is 3.46. The van der Waals surface area contributed by atoms with Crippen molar-refractivity contribution in [3.63, 3.8) is 0 Å². The van der Waals surface area contributed by atoms with Crippen molar-refractivity contribution in [3.05, 3.63) is 60.2 Å². The number of carbonyl (C=O) groups excluding carboxylic acids is 1. The average molecular weight is 480 g/mol. The number of hydrogen-bond donors (Lipinski definition) is 1. The number of fused-ring (bicyclic) bond motifs is 1. The lowest BCUT2D eigenvalue weighted by Gasteiger charge is -2.27. The third kappa shape index (κ3) is 4.46. The number of aromatic nitrogens is 2. The molecule has 176 valence electrons. The van der Waals surface area contributed by atoms with Crippen molar-refractivity contribution in [2.45, 2.75) is 18.2 Å². The Bertz CT molecular complexity index is 1320. The Labute approximate surface area is 198 Å². The largest absolute Gasteiger partial charge is 0.378 e. The number of rotatable bonds is 5. The van der Waals surface area contributed by atoms with Crippen LogP contribution < -0.4 is 14.5 Å². The van der Waals surface area contributed by atoms with Crippen LogP contribution >= 0.6 is 0 Å². The summed E-state index contributed by atoms with van der Waals surface area (Å²) >= 11 is 0. The number of sulfonamides is 1. The lowest BCUT2D eigenvalue weighted by atomic mass is 10.1. The topological polar surface area (TPSA) is 105 Å². The summed E-state index contributed by atoms with van der Waals surface area (Å²) in [6.07, 6.45) is 0.632. The zero-order chi connectivity index (χ0) is 23.7. The molecule has 0 radical (unpaired) electrons. The molecule has 34 heavy (non-hydrogen) atoms. The first-order valence-corrected chi connectivity index (χ1v) is 12.6. The normalized spacial score (nSPS) is 15.8. The van der Waals surface area contributed by atoms with Crippen LogP contribution in [0.2, 0.25) is 0 Å². The van der Waals surface area contributed by atoms with Crippen LogP contribution in [0.1, 0.15) is 12.5 Å². The Morgan fingerprint density at radius 1 is 1.00 bits per heavy atom. The van der Waals surface area contributed by atoms with Gasteiger partial charge in [0.2, 0.25) is 5.91 Å². The van der Waals surface area contributed by atoms with Gasteiger partial charge in [0, 0.05) is 43.5 Å². The monoisotopic (exact) mass is 479 g/mol. The number of amides is 1. The standard InChI is InChI=1S/C24H25N5O4S/c1-17(30)29-10-9-19-16-21(5-7-23(19)29)34(31,32)27-20-4-2-3-18(15-20)22-6-8-24(26-25-22)28-11-13-33-14-12-28/h2-8,15-16,27H,9-14H2,1H3. The second-order valence-electron chi connectivity index (χ2n) is 8.27. The van der Waals surface area contributed by atoms with E-state index in [1.165, 1.54) is 13.0 Å². The van der Waals surface area contributed by atoms with Crippen LogP contribution in [0.5, 0.6) is 0 Å². The third-order valence-corrected chi connectivity index (χ3v) is 7.41. The van der Waals surface area contributed by atoms with E-state index in [2.05, 4.69) is 19.8 Å². The fourth-order valence-corrected chi connectivity index (χ4v) is 5.37. The Morgan fingerprint density at radius 3 is 2.56 bits per heavy atom. The Hall–Kier alpha value is -3.50. The molecule has 2 aliphatic heterocycles. The Kier molecular flexibility index (Phi) is 5.93. The SMILES string of the molecule is CC(=O)N1CCc2cc(S(=O)(=O)Nc3cccc(-c4ccc(N5CCOCC5)nn4)c3)ccc21. The number of nitrogens with zero attached hydrogens (tertiary/aromatic N) is 4. The summed E-state index contributed by atoms with van der Waals surface area (Å²) in [5, 5.41) is 8.67. The Morgan fingerprint density at radius 2 is 1.82 bits per heavy atom. The van der Waals surface area contributed by atoms with Gasteiger partial charge in [-0.15, -0.1) is 10.2 Å². The van der Waals surface area contributed by atoms with Gasteiger partial charge in [0.15, 0.2) is 5.82 Å². The highest BCUT2D eigenvalue weighted by atomic mass is 32.2. The van der Waals surface area contributed by atoms with E-state index >= 15 is 0 Å². The molecule has 1 saturated heterocycles. The number of hydrogen-bond acceptors (Lipinski definition) is 7. The van der Waals surface area contributed by atoms with Gasteiger partial charge in [-0.2, -0.15) is 0 Å². The van der Waals surface area contributed by atoms with Crippen LogP contribution in [-0.2, 0) is 26.0 Å². The van der Waals surface area contributed by atoms with Crippen LogP contribution in [0.15, 0.2) is 59.5 Å². The lowest BCUT2D eigenvalue weighted by molar-refractivity contribution is -0.116. The van der Waals surface area contributed by atoms with E-state index in [1.54, 1.807) is 35.2 Å². The number of nitrogens with one attached hydrogen (secondary N) is 1. The summed E-state index contributed by atoms with van der Waals surface area (Å²) in [4.78, 5) is 15.7. The number of morpholine rings is 1. The molecular weight excluding hydrogens is 454 g/mol. The average Bonchev–Trinajstić information content (AvgIpc) is 3.28. The van der Waals surface area contributed by atoms with Gasteiger partial charge in [-0.3, -0.25) is 9.52 Å². The molecule has 10 heteroatoms. The van der Waals surface area contributed by atoms with E-state index in [4.69, 9.17) is 4.74 Å². The minimum Gasteiger partial charge on any atom is -0.378 e. The molecule has 2 aromatic carbocycles. The molecule has 0 unspecified atom stereocenters. The van der Waals surface area contributed by atoms with Gasteiger partial charge in [-0.25, -0.2) is 8.42 Å². The van der Waals surface area contributed by atoms with E-state index < -0.39 is 10.0 Å². The van der Waals surface area contributed by atoms with Crippen molar-refractivity contribution in [2.75, 3.05) is 47.4 Å². The molecule has 0 spiro atoms. The molecule has 1 aromatic heterocycles. The number of carbonyl (C=O) groups is 1. The minimum atomic E-state index is -3.80. The maximum atomic E-state index is 13.0. The molecule has 2 aliphatic rings. The van der Waals surface area contributed by atoms with Crippen LogP contribution in [0.4, 0.5) is 17.2 Å². The van der Waals surface area contributed by atoms with Gasteiger partial charge in [0.25, 0.3) is 10.0 Å². The van der Waals surface area contributed by atoms with E-state index in [0.29, 0.717) is 37.6 Å². The van der Waals surface area contributed by atoms with Crippen molar-refractivity contribution >= 4 is 33.1 Å². The predicted molar refractivity (Wildman–Crippen MR) is 129 cm³/mol. The van der Waals surface area contributed by atoms with Gasteiger partial charge < -0.3 is 14.5 Å². The van der Waals surface area contributed by atoms with E-state index in [0.717, 1.165) is 35.7 Å². The molecule has 9 nitrogen and oxygen atoms in total. The maximum Gasteiger partial charge on any atom is 0.261 e. The molecule has 3 aromatic rings. The lowest BCUT2D eigenvalue weighted by Crippen LogP contribution is -2.36. The van der Waals surface area contributed by atoms with E-state index in [9.17, 15) is 13.2 Å². The van der Waals surface area contributed by atoms with Crippen LogP contribution in [0.3, 0.4) is 0 Å². The smallest absolute Gasteiger partial charge is 0.261 e. The molecule has 0 saturated carbocycles. The van der Waals surface area contributed by atoms with E-state index in [1.807, 2.05) is 18.2 Å². The van der Waals surface area contributed by atoms with Crippen molar-refractivity contribution in [1.82, 2.24) is 10.2 Å². The Balaban J connectivity index is 1.34. The van der Waals surface area contributed by atoms with Gasteiger partial charge in [0.1, 0.15) is 0 Å². The number of benzene rings is 2. The fourth-order valence-electron chi connectivity index (χ4n) is 4.27. The van der Waals surface area contributed by atoms with Crippen molar-refractivity contribution in [2.24, 2.45) is 0 Å². The molecule has 5 rings (SSSR count). The van der Waals surface area contributed by atoms with Crippen LogP contribution in [-0.4, -0.2) is 57.4 Å². The van der Waals surface area contributed by atoms with Gasteiger partial charge >= 0.3 is 0 Å². The summed E-state index contributed by atoms with van der Waals surface area (Å²) in [5.74, 6) is 0.745.